The second-order valence-electron chi connectivity index (χ2n) is 6.86. The standard InChI is InChI=1S/C21H28N2O4S/c1-16-7-9-18(10-8-16)6-5-15-22-21(24)17(2)27-20-13-11-19(12-14-20)23(3)28(4,25)26/h7-14,17H,5-6,15H2,1-4H3,(H,22,24)/t17-/m1/s1. The van der Waals surface area contributed by atoms with Crippen LogP contribution in [0.5, 0.6) is 5.75 Å². The fraction of sp³-hybridized carbons (Fsp3) is 0.381. The number of ether oxygens (including phenoxy) is 1. The van der Waals surface area contributed by atoms with Crippen LogP contribution in [0.1, 0.15) is 24.5 Å². The Hall–Kier alpha value is -2.54. The lowest BCUT2D eigenvalue weighted by Crippen LogP contribution is -2.36. The first kappa shape index (κ1) is 21.8. The van der Waals surface area contributed by atoms with Gasteiger partial charge in [-0.15, -0.1) is 0 Å². The Morgan fingerprint density at radius 1 is 1.11 bits per heavy atom. The minimum Gasteiger partial charge on any atom is -0.481 e. The molecule has 0 spiro atoms. The quantitative estimate of drug-likeness (QED) is 0.652. The number of nitrogens with one attached hydrogen (secondary N) is 1. The Kier molecular flexibility index (Phi) is 7.45. The highest BCUT2D eigenvalue weighted by Gasteiger charge is 2.15. The number of carbonyl (C=O) groups excluding carboxylic acids is 1. The number of hydrogen-bond donors (Lipinski definition) is 1. The van der Waals surface area contributed by atoms with Crippen LogP contribution in [0.4, 0.5) is 5.69 Å². The molecule has 1 atom stereocenters. The number of anilines is 1. The van der Waals surface area contributed by atoms with E-state index in [0.717, 1.165) is 19.1 Å². The van der Waals surface area contributed by atoms with Crippen molar-refractivity contribution in [2.45, 2.75) is 32.8 Å². The molecule has 0 bridgehead atoms. The average molecular weight is 405 g/mol. The summed E-state index contributed by atoms with van der Waals surface area (Å²) in [5, 5.41) is 2.88. The molecule has 28 heavy (non-hydrogen) atoms. The van der Waals surface area contributed by atoms with Gasteiger partial charge in [-0.2, -0.15) is 0 Å². The van der Waals surface area contributed by atoms with E-state index in [-0.39, 0.29) is 5.91 Å². The Morgan fingerprint density at radius 3 is 2.29 bits per heavy atom. The van der Waals surface area contributed by atoms with Crippen LogP contribution in [-0.4, -0.2) is 40.3 Å². The Balaban J connectivity index is 1.77. The van der Waals surface area contributed by atoms with E-state index in [4.69, 9.17) is 4.74 Å². The molecule has 2 aromatic rings. The zero-order valence-electron chi connectivity index (χ0n) is 16.8. The molecule has 7 heteroatoms. The normalized spacial score (nSPS) is 12.3. The van der Waals surface area contributed by atoms with Crippen molar-refractivity contribution in [1.29, 1.82) is 0 Å². The van der Waals surface area contributed by atoms with E-state index in [1.165, 1.54) is 22.5 Å². The van der Waals surface area contributed by atoms with Gasteiger partial charge in [0.15, 0.2) is 6.10 Å². The van der Waals surface area contributed by atoms with Crippen LogP contribution in [0.15, 0.2) is 48.5 Å². The molecule has 1 amide bonds. The fourth-order valence-electron chi connectivity index (χ4n) is 2.59. The first-order valence-corrected chi connectivity index (χ1v) is 11.1. The summed E-state index contributed by atoms with van der Waals surface area (Å²) in [4.78, 5) is 12.2. The second-order valence-corrected chi connectivity index (χ2v) is 8.88. The van der Waals surface area contributed by atoms with E-state index >= 15 is 0 Å². The molecule has 0 aliphatic heterocycles. The van der Waals surface area contributed by atoms with Gasteiger partial charge < -0.3 is 10.1 Å². The van der Waals surface area contributed by atoms with Crippen LogP contribution >= 0.6 is 0 Å². The molecule has 152 valence electrons. The lowest BCUT2D eigenvalue weighted by molar-refractivity contribution is -0.127. The van der Waals surface area contributed by atoms with Crippen molar-refractivity contribution in [3.05, 3.63) is 59.7 Å². The van der Waals surface area contributed by atoms with Gasteiger partial charge in [0.25, 0.3) is 5.91 Å². The number of aryl methyl sites for hydroxylation is 2. The Labute approximate surface area is 167 Å². The summed E-state index contributed by atoms with van der Waals surface area (Å²) >= 11 is 0. The van der Waals surface area contributed by atoms with Crippen molar-refractivity contribution in [3.63, 3.8) is 0 Å². The number of nitrogens with zero attached hydrogens (tertiary/aromatic N) is 1. The number of amides is 1. The van der Waals surface area contributed by atoms with Gasteiger partial charge in [0.1, 0.15) is 5.75 Å². The Morgan fingerprint density at radius 2 is 1.71 bits per heavy atom. The number of sulfonamides is 1. The maximum atomic E-state index is 12.2. The molecule has 1 N–H and O–H groups in total. The molecule has 2 aromatic carbocycles. The van der Waals surface area contributed by atoms with Gasteiger partial charge in [0, 0.05) is 13.6 Å². The molecular weight excluding hydrogens is 376 g/mol. The first-order chi connectivity index (χ1) is 13.2. The molecular formula is C21H28N2O4S. The van der Waals surface area contributed by atoms with E-state index in [0.29, 0.717) is 18.0 Å². The average Bonchev–Trinajstić information content (AvgIpc) is 2.65. The zero-order chi connectivity index (χ0) is 20.7. The van der Waals surface area contributed by atoms with Crippen molar-refractivity contribution < 1.29 is 17.9 Å². The maximum Gasteiger partial charge on any atom is 0.260 e. The first-order valence-electron chi connectivity index (χ1n) is 9.20. The van der Waals surface area contributed by atoms with Gasteiger partial charge in [0.2, 0.25) is 10.0 Å². The highest BCUT2D eigenvalue weighted by atomic mass is 32.2. The molecule has 2 rings (SSSR count). The third-order valence-corrected chi connectivity index (χ3v) is 5.65. The Bertz CT molecular complexity index is 878. The summed E-state index contributed by atoms with van der Waals surface area (Å²) in [5.41, 5.74) is 3.02. The monoisotopic (exact) mass is 404 g/mol. The molecule has 0 heterocycles. The highest BCUT2D eigenvalue weighted by Crippen LogP contribution is 2.21. The van der Waals surface area contributed by atoms with Crippen LogP contribution in [0, 0.1) is 6.92 Å². The third-order valence-electron chi connectivity index (χ3n) is 4.44. The molecule has 0 saturated heterocycles. The molecule has 0 aliphatic rings. The lowest BCUT2D eigenvalue weighted by Gasteiger charge is -2.18. The summed E-state index contributed by atoms with van der Waals surface area (Å²) in [6, 6.07) is 15.0. The summed E-state index contributed by atoms with van der Waals surface area (Å²) in [6.07, 6.45) is 2.26. The van der Waals surface area contributed by atoms with Crippen LogP contribution in [0.2, 0.25) is 0 Å². The van der Waals surface area contributed by atoms with Gasteiger partial charge in [-0.05, 0) is 56.5 Å². The van der Waals surface area contributed by atoms with E-state index in [1.54, 1.807) is 31.2 Å². The zero-order valence-corrected chi connectivity index (χ0v) is 17.6. The number of benzene rings is 2. The van der Waals surface area contributed by atoms with E-state index in [1.807, 2.05) is 0 Å². The largest absolute Gasteiger partial charge is 0.481 e. The van der Waals surface area contributed by atoms with E-state index < -0.39 is 16.1 Å². The number of carbonyl (C=O) groups is 1. The van der Waals surface area contributed by atoms with Gasteiger partial charge in [-0.25, -0.2) is 8.42 Å². The smallest absolute Gasteiger partial charge is 0.260 e. The predicted molar refractivity (Wildman–Crippen MR) is 112 cm³/mol. The molecule has 0 fully saturated rings. The molecule has 0 aromatic heterocycles. The topological polar surface area (TPSA) is 75.7 Å². The highest BCUT2D eigenvalue weighted by molar-refractivity contribution is 7.92. The van der Waals surface area contributed by atoms with Crippen molar-refractivity contribution >= 4 is 21.6 Å². The van der Waals surface area contributed by atoms with Crippen molar-refractivity contribution in [1.82, 2.24) is 5.32 Å². The van der Waals surface area contributed by atoms with Crippen LogP contribution in [-0.2, 0) is 21.2 Å². The van der Waals surface area contributed by atoms with Crippen LogP contribution < -0.4 is 14.4 Å². The lowest BCUT2D eigenvalue weighted by atomic mass is 10.1. The molecule has 0 saturated carbocycles. The summed E-state index contributed by atoms with van der Waals surface area (Å²) < 4.78 is 29.9. The molecule has 6 nitrogen and oxygen atoms in total. The van der Waals surface area contributed by atoms with Crippen molar-refractivity contribution in [2.75, 3.05) is 24.2 Å². The van der Waals surface area contributed by atoms with Gasteiger partial charge in [-0.3, -0.25) is 9.10 Å². The fourth-order valence-corrected chi connectivity index (χ4v) is 3.09. The maximum absolute atomic E-state index is 12.2. The SMILES string of the molecule is Cc1ccc(CCCNC(=O)[C@@H](C)Oc2ccc(N(C)S(C)(=O)=O)cc2)cc1. The summed E-state index contributed by atoms with van der Waals surface area (Å²) in [7, 11) is -1.83. The van der Waals surface area contributed by atoms with Crippen LogP contribution in [0.25, 0.3) is 0 Å². The van der Waals surface area contributed by atoms with Gasteiger partial charge >= 0.3 is 0 Å². The summed E-state index contributed by atoms with van der Waals surface area (Å²) in [6.45, 7) is 4.33. The summed E-state index contributed by atoms with van der Waals surface area (Å²) in [5.74, 6) is 0.328. The minimum atomic E-state index is -3.31. The molecule has 0 unspecified atom stereocenters. The van der Waals surface area contributed by atoms with Crippen molar-refractivity contribution in [2.24, 2.45) is 0 Å². The minimum absolute atomic E-state index is 0.179. The molecule has 0 aliphatic carbocycles. The van der Waals surface area contributed by atoms with Gasteiger partial charge in [0.05, 0.1) is 11.9 Å². The van der Waals surface area contributed by atoms with Crippen molar-refractivity contribution in [3.8, 4) is 5.75 Å². The second kappa shape index (κ2) is 9.59. The predicted octanol–water partition coefficient (Wildman–Crippen LogP) is 2.91. The van der Waals surface area contributed by atoms with Crippen LogP contribution in [0.3, 0.4) is 0 Å². The number of hydrogen-bond acceptors (Lipinski definition) is 4. The third kappa shape index (κ3) is 6.56. The van der Waals surface area contributed by atoms with Gasteiger partial charge in [-0.1, -0.05) is 29.8 Å². The number of rotatable bonds is 9. The van der Waals surface area contributed by atoms with E-state index in [2.05, 4.69) is 36.5 Å². The molecule has 0 radical (unpaired) electrons. The van der Waals surface area contributed by atoms with E-state index in [9.17, 15) is 13.2 Å².